The van der Waals surface area contributed by atoms with E-state index in [1.54, 1.807) is 24.3 Å². The van der Waals surface area contributed by atoms with Crippen LogP contribution >= 0.6 is 0 Å². The molecule has 0 unspecified atom stereocenters. The van der Waals surface area contributed by atoms with E-state index in [-0.39, 0.29) is 23.8 Å². The third kappa shape index (κ3) is 5.26. The van der Waals surface area contributed by atoms with Gasteiger partial charge in [-0.15, -0.1) is 0 Å². The van der Waals surface area contributed by atoms with Gasteiger partial charge in [0.2, 0.25) is 0 Å². The molecular weight excluding hydrogens is 312 g/mol. The van der Waals surface area contributed by atoms with Gasteiger partial charge in [-0.2, -0.15) is 0 Å². The highest BCUT2D eigenvalue weighted by Crippen LogP contribution is 2.17. The average molecular weight is 339 g/mol. The van der Waals surface area contributed by atoms with Crippen LogP contribution in [0.3, 0.4) is 0 Å². The number of amides is 1. The van der Waals surface area contributed by atoms with Crippen molar-refractivity contribution in [2.75, 3.05) is 5.32 Å². The Morgan fingerprint density at radius 2 is 1.64 bits per heavy atom. The number of rotatable bonds is 7. The lowest BCUT2D eigenvalue weighted by molar-refractivity contribution is -0.718. The van der Waals surface area contributed by atoms with Crippen LogP contribution in [0.5, 0.6) is 0 Å². The summed E-state index contributed by atoms with van der Waals surface area (Å²) in [5.41, 5.74) is 2.47. The van der Waals surface area contributed by atoms with Crippen LogP contribution in [0.15, 0.2) is 54.6 Å². The molecule has 2 rings (SSSR count). The molecule has 0 saturated carbocycles. The number of Topliss-reactive ketones (excluding diaryl/α,β-unsaturated/α-hetero) is 1. The van der Waals surface area contributed by atoms with E-state index in [9.17, 15) is 9.59 Å². The molecule has 25 heavy (non-hydrogen) atoms. The van der Waals surface area contributed by atoms with Crippen molar-refractivity contribution in [2.45, 2.75) is 39.8 Å². The number of quaternary nitrogens is 1. The number of carbonyl (C=O) groups is 2. The number of benzene rings is 2. The molecule has 4 nitrogen and oxygen atoms in total. The van der Waals surface area contributed by atoms with Crippen LogP contribution in [-0.4, -0.2) is 17.7 Å². The molecule has 0 fully saturated rings. The molecule has 2 aromatic rings. The molecule has 0 aliphatic heterocycles. The van der Waals surface area contributed by atoms with Gasteiger partial charge in [-0.1, -0.05) is 56.3 Å². The van der Waals surface area contributed by atoms with Crippen molar-refractivity contribution >= 4 is 17.4 Å². The lowest BCUT2D eigenvalue weighted by atomic mass is 9.95. The molecule has 3 N–H and O–H groups in total. The fraction of sp³-hybridized carbons (Fsp3) is 0.333. The molecule has 4 heteroatoms. The number of nitrogens with one attached hydrogen (secondary N) is 1. The van der Waals surface area contributed by atoms with Crippen LogP contribution in [0, 0.1) is 5.92 Å². The smallest absolute Gasteiger partial charge is 0.282 e. The van der Waals surface area contributed by atoms with Crippen LogP contribution in [0.25, 0.3) is 0 Å². The zero-order chi connectivity index (χ0) is 18.4. The van der Waals surface area contributed by atoms with Crippen molar-refractivity contribution in [3.63, 3.8) is 0 Å². The summed E-state index contributed by atoms with van der Waals surface area (Å²) < 4.78 is 0. The van der Waals surface area contributed by atoms with Crippen molar-refractivity contribution in [1.82, 2.24) is 0 Å². The largest absolute Gasteiger partial charge is 0.330 e. The number of nitrogens with two attached hydrogens (primary N) is 1. The first-order chi connectivity index (χ1) is 11.9. The highest BCUT2D eigenvalue weighted by Gasteiger charge is 2.25. The maximum atomic E-state index is 12.6. The third-order valence-electron chi connectivity index (χ3n) is 4.35. The normalized spacial score (nSPS) is 13.3. The van der Waals surface area contributed by atoms with Crippen molar-refractivity contribution < 1.29 is 14.9 Å². The summed E-state index contributed by atoms with van der Waals surface area (Å²) >= 11 is 0. The van der Waals surface area contributed by atoms with Crippen LogP contribution in [-0.2, 0) is 4.79 Å². The number of anilines is 1. The number of hydrogen-bond donors (Lipinski definition) is 2. The highest BCUT2D eigenvalue weighted by molar-refractivity contribution is 5.97. The summed E-state index contributed by atoms with van der Waals surface area (Å²) in [6, 6.07) is 17.3. The van der Waals surface area contributed by atoms with Gasteiger partial charge in [0.25, 0.3) is 5.91 Å². The van der Waals surface area contributed by atoms with Gasteiger partial charge in [0, 0.05) is 22.7 Å². The van der Waals surface area contributed by atoms with Gasteiger partial charge >= 0.3 is 0 Å². The lowest BCUT2D eigenvalue weighted by Crippen LogP contribution is -2.93. The van der Waals surface area contributed by atoms with Gasteiger partial charge in [0.1, 0.15) is 6.04 Å². The first-order valence-corrected chi connectivity index (χ1v) is 8.70. The van der Waals surface area contributed by atoms with E-state index in [1.165, 1.54) is 12.5 Å². The van der Waals surface area contributed by atoms with Crippen LogP contribution in [0.1, 0.15) is 49.7 Å². The summed E-state index contributed by atoms with van der Waals surface area (Å²) in [6.07, 6.45) is 0. The second-order valence-corrected chi connectivity index (χ2v) is 6.79. The monoisotopic (exact) mass is 339 g/mol. The predicted molar refractivity (Wildman–Crippen MR) is 100 cm³/mol. The fourth-order valence-corrected chi connectivity index (χ4v) is 2.86. The van der Waals surface area contributed by atoms with E-state index in [0.29, 0.717) is 17.2 Å². The predicted octanol–water partition coefficient (Wildman–Crippen LogP) is 3.18. The highest BCUT2D eigenvalue weighted by atomic mass is 16.2. The minimum Gasteiger partial charge on any atom is -0.330 e. The zero-order valence-corrected chi connectivity index (χ0v) is 15.3. The average Bonchev–Trinajstić information content (AvgIpc) is 2.60. The Labute approximate surface area is 149 Å². The summed E-state index contributed by atoms with van der Waals surface area (Å²) in [6.45, 7) is 7.75. The van der Waals surface area contributed by atoms with Crippen molar-refractivity contribution in [3.05, 3.63) is 65.7 Å². The minimum absolute atomic E-state index is 0.0142. The van der Waals surface area contributed by atoms with Gasteiger partial charge in [0.05, 0.1) is 0 Å². The second kappa shape index (κ2) is 8.58. The van der Waals surface area contributed by atoms with Crippen LogP contribution < -0.4 is 10.6 Å². The Bertz CT molecular complexity index is 726. The summed E-state index contributed by atoms with van der Waals surface area (Å²) in [4.78, 5) is 24.0. The van der Waals surface area contributed by atoms with Crippen LogP contribution in [0.2, 0.25) is 0 Å². The van der Waals surface area contributed by atoms with E-state index < -0.39 is 0 Å². The first-order valence-electron chi connectivity index (χ1n) is 8.70. The summed E-state index contributed by atoms with van der Waals surface area (Å²) in [7, 11) is 0. The van der Waals surface area contributed by atoms with Crippen LogP contribution in [0.4, 0.5) is 5.69 Å². The van der Waals surface area contributed by atoms with Gasteiger partial charge in [-0.05, 0) is 26.0 Å². The molecule has 0 spiro atoms. The van der Waals surface area contributed by atoms with E-state index in [0.717, 1.165) is 0 Å². The second-order valence-electron chi connectivity index (χ2n) is 6.79. The van der Waals surface area contributed by atoms with Gasteiger partial charge in [0.15, 0.2) is 11.8 Å². The summed E-state index contributed by atoms with van der Waals surface area (Å²) in [5.74, 6) is 0.320. The Balaban J connectivity index is 2.06. The summed E-state index contributed by atoms with van der Waals surface area (Å²) in [5, 5.41) is 5.01. The molecule has 0 radical (unpaired) electrons. The van der Waals surface area contributed by atoms with E-state index in [1.807, 2.05) is 25.1 Å². The van der Waals surface area contributed by atoms with Gasteiger partial charge < -0.3 is 10.6 Å². The molecule has 0 aliphatic rings. The van der Waals surface area contributed by atoms with Crippen molar-refractivity contribution in [3.8, 4) is 0 Å². The maximum absolute atomic E-state index is 12.6. The molecular formula is C21H27N2O2+. The quantitative estimate of drug-likeness (QED) is 0.761. The molecule has 0 saturated heterocycles. The molecule has 0 heterocycles. The molecule has 2 atom stereocenters. The standard InChI is InChI=1S/C21H26N2O2/c1-14(2)20(17-9-6-5-7-10-17)22-15(3)21(25)23-19-12-8-11-18(13-19)16(4)24/h5-15,20,22H,1-4H3,(H,23,25)/p+1/t15-,20+/m1/s1. The third-order valence-corrected chi connectivity index (χ3v) is 4.35. The lowest BCUT2D eigenvalue weighted by Gasteiger charge is -2.23. The molecule has 0 bridgehead atoms. The minimum atomic E-state index is -0.242. The van der Waals surface area contributed by atoms with Crippen molar-refractivity contribution in [1.29, 1.82) is 0 Å². The van der Waals surface area contributed by atoms with Gasteiger partial charge in [-0.25, -0.2) is 0 Å². The SMILES string of the molecule is CC(=O)c1cccc(NC(=O)[C@@H](C)[NH2+][C@H](c2ccccc2)C(C)C)c1. The zero-order valence-electron chi connectivity index (χ0n) is 15.3. The first kappa shape index (κ1) is 18.9. The molecule has 0 aromatic heterocycles. The molecule has 0 aliphatic carbocycles. The van der Waals surface area contributed by atoms with Gasteiger partial charge in [-0.3, -0.25) is 9.59 Å². The topological polar surface area (TPSA) is 62.8 Å². The van der Waals surface area contributed by atoms with Crippen molar-refractivity contribution in [2.24, 2.45) is 5.92 Å². The Morgan fingerprint density at radius 3 is 2.24 bits per heavy atom. The van der Waals surface area contributed by atoms with E-state index in [2.05, 4.69) is 36.6 Å². The molecule has 1 amide bonds. The fourth-order valence-electron chi connectivity index (χ4n) is 2.86. The molecule has 2 aromatic carbocycles. The molecule has 132 valence electrons. The maximum Gasteiger partial charge on any atom is 0.282 e. The Morgan fingerprint density at radius 1 is 0.960 bits per heavy atom. The van der Waals surface area contributed by atoms with E-state index >= 15 is 0 Å². The number of carbonyl (C=O) groups excluding carboxylic acids is 2. The number of ketones is 1. The van der Waals surface area contributed by atoms with E-state index in [4.69, 9.17) is 0 Å². The Kier molecular flexibility index (Phi) is 6.48. The Hall–Kier alpha value is -2.46. The number of hydrogen-bond acceptors (Lipinski definition) is 2.